The Bertz CT molecular complexity index is 995. The zero-order valence-corrected chi connectivity index (χ0v) is 16.7. The van der Waals surface area contributed by atoms with Gasteiger partial charge < -0.3 is 10.2 Å². The SMILES string of the molecule is CNC(=O)c1ccc(CN(C)C(=O)CCNS(=O)(=O)c2ccc(F)c(F)c2)cc1. The Morgan fingerprint density at radius 2 is 1.69 bits per heavy atom. The molecule has 0 fully saturated rings. The molecule has 2 rings (SSSR count). The minimum atomic E-state index is -4.06. The third-order valence-electron chi connectivity index (χ3n) is 4.12. The third-order valence-corrected chi connectivity index (χ3v) is 5.58. The first-order chi connectivity index (χ1) is 13.6. The van der Waals surface area contributed by atoms with Crippen LogP contribution in [0.3, 0.4) is 0 Å². The van der Waals surface area contributed by atoms with E-state index in [0.717, 1.165) is 17.7 Å². The highest BCUT2D eigenvalue weighted by atomic mass is 32.2. The molecule has 0 heterocycles. The zero-order valence-electron chi connectivity index (χ0n) is 15.9. The van der Waals surface area contributed by atoms with Gasteiger partial charge in [-0.3, -0.25) is 9.59 Å². The Morgan fingerprint density at radius 3 is 2.28 bits per heavy atom. The number of carbonyl (C=O) groups is 2. The van der Waals surface area contributed by atoms with E-state index in [-0.39, 0.29) is 31.3 Å². The highest BCUT2D eigenvalue weighted by Gasteiger charge is 2.17. The van der Waals surface area contributed by atoms with Crippen LogP contribution in [-0.2, 0) is 21.4 Å². The second-order valence-electron chi connectivity index (χ2n) is 6.25. The number of nitrogens with zero attached hydrogens (tertiary/aromatic N) is 1. The quantitative estimate of drug-likeness (QED) is 0.672. The van der Waals surface area contributed by atoms with Gasteiger partial charge in [-0.1, -0.05) is 12.1 Å². The van der Waals surface area contributed by atoms with Crippen LogP contribution in [0.2, 0.25) is 0 Å². The predicted molar refractivity (Wildman–Crippen MR) is 102 cm³/mol. The van der Waals surface area contributed by atoms with Crippen molar-refractivity contribution in [2.45, 2.75) is 17.9 Å². The lowest BCUT2D eigenvalue weighted by atomic mass is 10.1. The Labute approximate surface area is 167 Å². The van der Waals surface area contributed by atoms with E-state index in [4.69, 9.17) is 0 Å². The summed E-state index contributed by atoms with van der Waals surface area (Å²) in [6.45, 7) is 0.0862. The van der Waals surface area contributed by atoms with Crippen molar-refractivity contribution in [2.75, 3.05) is 20.6 Å². The van der Waals surface area contributed by atoms with Crippen LogP contribution in [-0.4, -0.2) is 45.8 Å². The summed E-state index contributed by atoms with van der Waals surface area (Å²) in [6, 6.07) is 8.97. The van der Waals surface area contributed by atoms with Gasteiger partial charge in [-0.2, -0.15) is 0 Å². The lowest BCUT2D eigenvalue weighted by Gasteiger charge is -2.17. The number of nitrogens with one attached hydrogen (secondary N) is 2. The fourth-order valence-corrected chi connectivity index (χ4v) is 3.52. The van der Waals surface area contributed by atoms with Crippen molar-refractivity contribution in [2.24, 2.45) is 0 Å². The van der Waals surface area contributed by atoms with E-state index in [1.54, 1.807) is 31.3 Å². The van der Waals surface area contributed by atoms with Gasteiger partial charge in [0.2, 0.25) is 15.9 Å². The molecule has 10 heteroatoms. The molecule has 0 radical (unpaired) electrons. The van der Waals surface area contributed by atoms with Crippen LogP contribution in [0.15, 0.2) is 47.4 Å². The average Bonchev–Trinajstić information content (AvgIpc) is 2.69. The number of benzene rings is 2. The molecule has 0 saturated carbocycles. The van der Waals surface area contributed by atoms with Gasteiger partial charge in [0.25, 0.3) is 5.91 Å². The van der Waals surface area contributed by atoms with Crippen molar-refractivity contribution in [1.29, 1.82) is 0 Å². The minimum absolute atomic E-state index is 0.115. The van der Waals surface area contributed by atoms with Crippen molar-refractivity contribution >= 4 is 21.8 Å². The van der Waals surface area contributed by atoms with Crippen LogP contribution in [0.4, 0.5) is 8.78 Å². The van der Waals surface area contributed by atoms with Crippen LogP contribution in [0.1, 0.15) is 22.3 Å². The summed E-state index contributed by atoms with van der Waals surface area (Å²) in [4.78, 5) is 24.7. The van der Waals surface area contributed by atoms with E-state index in [1.165, 1.54) is 11.9 Å². The highest BCUT2D eigenvalue weighted by molar-refractivity contribution is 7.89. The summed E-state index contributed by atoms with van der Waals surface area (Å²) in [5.41, 5.74) is 1.30. The summed E-state index contributed by atoms with van der Waals surface area (Å²) >= 11 is 0. The van der Waals surface area contributed by atoms with Crippen LogP contribution in [0, 0.1) is 11.6 Å². The maximum absolute atomic E-state index is 13.2. The molecule has 0 aliphatic rings. The zero-order chi connectivity index (χ0) is 21.6. The van der Waals surface area contributed by atoms with Gasteiger partial charge in [0.1, 0.15) is 0 Å². The second kappa shape index (κ2) is 9.57. The maximum Gasteiger partial charge on any atom is 0.251 e. The first-order valence-electron chi connectivity index (χ1n) is 8.63. The Kier molecular flexibility index (Phi) is 7.40. The average molecular weight is 425 g/mol. The Morgan fingerprint density at radius 1 is 1.03 bits per heavy atom. The lowest BCUT2D eigenvalue weighted by molar-refractivity contribution is -0.130. The molecule has 2 N–H and O–H groups in total. The lowest BCUT2D eigenvalue weighted by Crippen LogP contribution is -2.32. The molecule has 7 nitrogen and oxygen atoms in total. The molecule has 0 saturated heterocycles. The van der Waals surface area contributed by atoms with Crippen LogP contribution >= 0.6 is 0 Å². The number of hydrogen-bond acceptors (Lipinski definition) is 4. The molecule has 156 valence electrons. The monoisotopic (exact) mass is 425 g/mol. The van der Waals surface area contributed by atoms with Crippen LogP contribution in [0.25, 0.3) is 0 Å². The van der Waals surface area contributed by atoms with E-state index >= 15 is 0 Å². The number of amides is 2. The highest BCUT2D eigenvalue weighted by Crippen LogP contribution is 2.13. The van der Waals surface area contributed by atoms with Crippen molar-refractivity contribution in [3.05, 3.63) is 65.2 Å². The summed E-state index contributed by atoms with van der Waals surface area (Å²) in [5, 5.41) is 2.51. The summed E-state index contributed by atoms with van der Waals surface area (Å²) in [5.74, 6) is -2.95. The van der Waals surface area contributed by atoms with E-state index < -0.39 is 26.6 Å². The normalized spacial score (nSPS) is 11.2. The second-order valence-corrected chi connectivity index (χ2v) is 8.02. The molecule has 2 aromatic rings. The standard InChI is InChI=1S/C19H21F2N3O4S/c1-22-19(26)14-5-3-13(4-6-14)12-24(2)18(25)9-10-23-29(27,28)15-7-8-16(20)17(21)11-15/h3-8,11,23H,9-10,12H2,1-2H3,(H,22,26). The van der Waals surface area contributed by atoms with Crippen LogP contribution < -0.4 is 10.0 Å². The molecular formula is C19H21F2N3O4S. The first-order valence-corrected chi connectivity index (χ1v) is 10.1. The minimum Gasteiger partial charge on any atom is -0.355 e. The topological polar surface area (TPSA) is 95.6 Å². The molecule has 0 aliphatic carbocycles. The first kappa shape index (κ1) is 22.4. The molecule has 0 aliphatic heterocycles. The predicted octanol–water partition coefficient (Wildman–Crippen LogP) is 1.65. The molecule has 0 aromatic heterocycles. The third kappa shape index (κ3) is 6.06. The molecule has 0 spiro atoms. The van der Waals surface area contributed by atoms with Gasteiger partial charge in [0, 0.05) is 39.2 Å². The van der Waals surface area contributed by atoms with Gasteiger partial charge in [-0.25, -0.2) is 21.9 Å². The van der Waals surface area contributed by atoms with Crippen molar-refractivity contribution in [3.63, 3.8) is 0 Å². The molecule has 29 heavy (non-hydrogen) atoms. The fraction of sp³-hybridized carbons (Fsp3) is 0.263. The van der Waals surface area contributed by atoms with Gasteiger partial charge in [-0.15, -0.1) is 0 Å². The van der Waals surface area contributed by atoms with E-state index in [2.05, 4.69) is 10.0 Å². The van der Waals surface area contributed by atoms with Crippen LogP contribution in [0.5, 0.6) is 0 Å². The molecule has 0 atom stereocenters. The maximum atomic E-state index is 13.2. The summed E-state index contributed by atoms with van der Waals surface area (Å²) in [7, 11) is -0.961. The summed E-state index contributed by atoms with van der Waals surface area (Å²) in [6.07, 6.45) is -0.115. The molecule has 0 unspecified atom stereocenters. The van der Waals surface area contributed by atoms with E-state index in [9.17, 15) is 26.8 Å². The molecular weight excluding hydrogens is 404 g/mol. The van der Waals surface area contributed by atoms with Gasteiger partial charge in [0.05, 0.1) is 4.90 Å². The number of rotatable bonds is 8. The van der Waals surface area contributed by atoms with Crippen molar-refractivity contribution in [3.8, 4) is 0 Å². The van der Waals surface area contributed by atoms with Gasteiger partial charge >= 0.3 is 0 Å². The van der Waals surface area contributed by atoms with Crippen molar-refractivity contribution in [1.82, 2.24) is 14.9 Å². The Balaban J connectivity index is 1.88. The van der Waals surface area contributed by atoms with Gasteiger partial charge in [0.15, 0.2) is 11.6 Å². The summed E-state index contributed by atoms with van der Waals surface area (Å²) < 4.78 is 52.5. The number of sulfonamides is 1. The molecule has 2 aromatic carbocycles. The molecule has 2 amide bonds. The smallest absolute Gasteiger partial charge is 0.251 e. The Hall–Kier alpha value is -2.85. The van der Waals surface area contributed by atoms with Crippen molar-refractivity contribution < 1.29 is 26.8 Å². The number of hydrogen-bond donors (Lipinski definition) is 2. The number of halogens is 2. The molecule has 0 bridgehead atoms. The number of carbonyl (C=O) groups excluding carboxylic acids is 2. The fourth-order valence-electron chi connectivity index (χ4n) is 2.48. The largest absolute Gasteiger partial charge is 0.355 e. The van der Waals surface area contributed by atoms with E-state index in [1.807, 2.05) is 0 Å². The van der Waals surface area contributed by atoms with E-state index in [0.29, 0.717) is 11.6 Å². The van der Waals surface area contributed by atoms with Gasteiger partial charge in [-0.05, 0) is 35.9 Å².